The number of fused-ring (bicyclic) bond motifs is 2. The van der Waals surface area contributed by atoms with Crippen molar-refractivity contribution < 1.29 is 14.9 Å². The van der Waals surface area contributed by atoms with E-state index in [0.717, 1.165) is 66.6 Å². The zero-order valence-corrected chi connectivity index (χ0v) is 40.8. The number of benzene rings is 4. The highest BCUT2D eigenvalue weighted by Gasteiger charge is 2.11. The summed E-state index contributed by atoms with van der Waals surface area (Å²) < 4.78 is 9.53. The lowest BCUT2D eigenvalue weighted by Gasteiger charge is -2.12. The number of rotatable bonds is 10. The van der Waals surface area contributed by atoms with Crippen molar-refractivity contribution >= 4 is 53.2 Å². The lowest BCUT2D eigenvalue weighted by molar-refractivity contribution is 0.277. The maximum atomic E-state index is 10.1. The van der Waals surface area contributed by atoms with Crippen molar-refractivity contribution in [3.63, 3.8) is 0 Å². The number of phenols is 1. The van der Waals surface area contributed by atoms with Crippen molar-refractivity contribution in [2.45, 2.75) is 40.3 Å². The molecule has 4 N–H and O–H groups in total. The van der Waals surface area contributed by atoms with E-state index in [1.54, 1.807) is 58.5 Å². The number of aliphatic hydroxyl groups excluding tert-OH is 1. The van der Waals surface area contributed by atoms with E-state index in [-0.39, 0.29) is 19.8 Å². The number of nitrogens with zero attached hydrogens (tertiary/aromatic N) is 10. The molecule has 4 aromatic carbocycles. The van der Waals surface area contributed by atoms with Crippen LogP contribution >= 0.6 is 0 Å². The Bertz CT molecular complexity index is 3540. The monoisotopic (exact) mass is 970 g/mol. The number of aliphatic hydroxyl groups is 1. The Hall–Kier alpha value is -9.22. The van der Waals surface area contributed by atoms with Gasteiger partial charge in [0.25, 0.3) is 0 Å². The number of terminal acetylenes is 1. The molecule has 0 spiro atoms. The number of aromatic nitrogens is 10. The van der Waals surface area contributed by atoms with Gasteiger partial charge >= 0.3 is 0 Å². The van der Waals surface area contributed by atoms with Crippen LogP contribution in [0, 0.1) is 23.8 Å². The minimum Gasteiger partial charge on any atom is -0.508 e. The molecule has 0 unspecified atom stereocenters. The smallest absolute Gasteiger partial charge is 0.227 e. The Morgan fingerprint density at radius 3 is 1.69 bits per heavy atom. The standard InChI is InChI=1S/C26H20N6O.C23H23N5OSi.C6H7NO.CH4/c1-3-18-7-8-25-20(10-18)14-28-26(31-25)30-23-11-19(21-15-29-32(2)16-21)12-24(13-23)33-17-22-6-4-5-9-27-22;1-28-15-19(14-25-28)17-10-20(12-21(29)11-17)26-23-24-13-18-9-16(5-6-22(18)27-23)7-8-30(2,3)4;8-5-6-3-1-2-4-7-6;/h1,4-16H,17H2,2H3,(H,28,30,31);5-6,9-15,29H,1-4H3,(H,24,26,27);1-4,8H,5H2;1H4. The number of ether oxygens (including phenoxy) is 1. The molecule has 0 bridgehead atoms. The fourth-order valence-electron chi connectivity index (χ4n) is 6.92. The Kier molecular flexibility index (Phi) is 16.5. The fourth-order valence-corrected chi connectivity index (χ4v) is 7.44. The molecule has 0 saturated carbocycles. The highest BCUT2D eigenvalue weighted by Crippen LogP contribution is 2.31. The predicted molar refractivity (Wildman–Crippen MR) is 288 cm³/mol. The van der Waals surface area contributed by atoms with Crippen LogP contribution in [0.1, 0.15) is 29.9 Å². The molecule has 0 amide bonds. The second kappa shape index (κ2) is 23.4. The first-order valence-corrected chi connectivity index (χ1v) is 25.9. The lowest BCUT2D eigenvalue weighted by Crippen LogP contribution is -2.16. The summed E-state index contributed by atoms with van der Waals surface area (Å²) in [5.41, 5.74) is 13.6. The zero-order chi connectivity index (χ0) is 49.7. The molecule has 6 heterocycles. The van der Waals surface area contributed by atoms with E-state index in [1.807, 2.05) is 124 Å². The molecular weight excluding hydrogens is 917 g/mol. The second-order valence-electron chi connectivity index (χ2n) is 17.2. The number of hydrogen-bond donors (Lipinski definition) is 4. The molecule has 0 aliphatic rings. The largest absolute Gasteiger partial charge is 0.508 e. The Morgan fingerprint density at radius 1 is 0.625 bits per heavy atom. The molecular formula is C56H54N12O3Si. The summed E-state index contributed by atoms with van der Waals surface area (Å²) in [4.78, 5) is 26.3. The molecule has 0 atom stereocenters. The molecule has 10 aromatic rings. The SMILES string of the molecule is C.C#Cc1ccc2nc(Nc3cc(OCc4ccccn4)cc(-c4cnn(C)c4)c3)ncc2c1.Cn1cc(-c2cc(O)cc(Nc3ncc4cc(C#C[Si](C)(C)C)ccc4n3)c2)cn1.OCc1ccccn1. The van der Waals surface area contributed by atoms with Crippen LogP contribution in [0.15, 0.2) is 159 Å². The minimum atomic E-state index is -1.42. The van der Waals surface area contributed by atoms with Crippen LogP contribution in [-0.2, 0) is 27.3 Å². The average Bonchev–Trinajstić information content (AvgIpc) is 4.03. The van der Waals surface area contributed by atoms with Gasteiger partial charge in [0, 0.05) is 108 Å². The van der Waals surface area contributed by atoms with E-state index in [1.165, 1.54) is 0 Å². The number of aryl methyl sites for hydroxylation is 2. The van der Waals surface area contributed by atoms with Crippen molar-refractivity contribution in [1.29, 1.82) is 0 Å². The summed E-state index contributed by atoms with van der Waals surface area (Å²) in [6, 6.07) is 34.0. The number of anilines is 4. The van der Waals surface area contributed by atoms with Gasteiger partial charge in [0.2, 0.25) is 11.9 Å². The van der Waals surface area contributed by atoms with Crippen LogP contribution in [0.5, 0.6) is 11.5 Å². The average molecular weight is 971 g/mol. The number of pyridine rings is 2. The second-order valence-corrected chi connectivity index (χ2v) is 22.0. The normalized spacial score (nSPS) is 10.6. The summed E-state index contributed by atoms with van der Waals surface area (Å²) in [5.74, 6) is 7.70. The first-order chi connectivity index (χ1) is 34.3. The van der Waals surface area contributed by atoms with Gasteiger partial charge in [-0.1, -0.05) is 51.0 Å². The van der Waals surface area contributed by atoms with Gasteiger partial charge in [-0.25, -0.2) is 19.9 Å². The maximum Gasteiger partial charge on any atom is 0.227 e. The Labute approximate surface area is 419 Å². The van der Waals surface area contributed by atoms with E-state index < -0.39 is 8.07 Å². The molecule has 0 aliphatic heterocycles. The third-order valence-corrected chi connectivity index (χ3v) is 11.2. The molecule has 16 heteroatoms. The van der Waals surface area contributed by atoms with Gasteiger partial charge in [-0.3, -0.25) is 19.3 Å². The van der Waals surface area contributed by atoms with Crippen molar-refractivity contribution in [3.05, 3.63) is 181 Å². The fraction of sp³-hybridized carbons (Fsp3) is 0.143. The molecule has 10 rings (SSSR count). The molecule has 0 radical (unpaired) electrons. The summed E-state index contributed by atoms with van der Waals surface area (Å²) >= 11 is 0. The summed E-state index contributed by atoms with van der Waals surface area (Å²) in [5, 5.41) is 35.4. The van der Waals surface area contributed by atoms with Crippen LogP contribution in [0.4, 0.5) is 23.3 Å². The molecule has 0 fully saturated rings. The summed E-state index contributed by atoms with van der Waals surface area (Å²) in [6.07, 6.45) is 19.9. The third-order valence-electron chi connectivity index (χ3n) is 10.3. The first kappa shape index (κ1) is 50.6. The maximum absolute atomic E-state index is 10.1. The first-order valence-electron chi connectivity index (χ1n) is 22.4. The van der Waals surface area contributed by atoms with Crippen LogP contribution in [-0.4, -0.2) is 67.8 Å². The highest BCUT2D eigenvalue weighted by molar-refractivity contribution is 6.83. The van der Waals surface area contributed by atoms with E-state index >= 15 is 0 Å². The zero-order valence-electron chi connectivity index (χ0n) is 39.8. The van der Waals surface area contributed by atoms with E-state index in [9.17, 15) is 5.11 Å². The van der Waals surface area contributed by atoms with Crippen molar-refractivity contribution in [3.8, 4) is 57.6 Å². The van der Waals surface area contributed by atoms with Gasteiger partial charge in [-0.2, -0.15) is 10.2 Å². The van der Waals surface area contributed by atoms with Crippen LogP contribution < -0.4 is 15.4 Å². The quantitative estimate of drug-likeness (QED) is 0.0750. The molecule has 6 aromatic heterocycles. The van der Waals surface area contributed by atoms with E-state index in [0.29, 0.717) is 35.6 Å². The van der Waals surface area contributed by atoms with Crippen LogP contribution in [0.3, 0.4) is 0 Å². The van der Waals surface area contributed by atoms with Gasteiger partial charge in [0.1, 0.15) is 26.2 Å². The molecule has 72 heavy (non-hydrogen) atoms. The van der Waals surface area contributed by atoms with Crippen molar-refractivity contribution in [2.24, 2.45) is 14.1 Å². The number of hydrogen-bond acceptors (Lipinski definition) is 13. The molecule has 15 nitrogen and oxygen atoms in total. The topological polar surface area (TPSA) is 187 Å². The molecule has 0 aliphatic carbocycles. The number of aromatic hydroxyl groups is 1. The van der Waals surface area contributed by atoms with Crippen LogP contribution in [0.2, 0.25) is 19.6 Å². The molecule has 0 saturated heterocycles. The lowest BCUT2D eigenvalue weighted by atomic mass is 10.1. The summed E-state index contributed by atoms with van der Waals surface area (Å²) in [7, 11) is 2.32. The van der Waals surface area contributed by atoms with Gasteiger partial charge in [0.15, 0.2) is 0 Å². The van der Waals surface area contributed by atoms with Crippen molar-refractivity contribution in [1.82, 2.24) is 49.5 Å². The van der Waals surface area contributed by atoms with E-state index in [4.69, 9.17) is 16.3 Å². The van der Waals surface area contributed by atoms with Gasteiger partial charge in [-0.05, 0) is 96.1 Å². The molecule has 360 valence electrons. The van der Waals surface area contributed by atoms with Crippen molar-refractivity contribution in [2.75, 3.05) is 10.6 Å². The van der Waals surface area contributed by atoms with E-state index in [2.05, 4.69) is 87.8 Å². The van der Waals surface area contributed by atoms with Gasteiger partial charge < -0.3 is 25.6 Å². The Morgan fingerprint density at radius 2 is 1.18 bits per heavy atom. The number of phenolic OH excluding ortho intramolecular Hbond substituents is 1. The third kappa shape index (κ3) is 14.2. The predicted octanol–water partition coefficient (Wildman–Crippen LogP) is 10.6. The number of nitrogens with one attached hydrogen (secondary N) is 2. The highest BCUT2D eigenvalue weighted by atomic mass is 28.3. The van der Waals surface area contributed by atoms with Crippen LogP contribution in [0.25, 0.3) is 44.1 Å². The Balaban J connectivity index is 0.000000181. The summed E-state index contributed by atoms with van der Waals surface area (Å²) in [6.45, 7) is 7.07. The minimum absolute atomic E-state index is 0. The van der Waals surface area contributed by atoms with Gasteiger partial charge in [-0.15, -0.1) is 12.0 Å². The van der Waals surface area contributed by atoms with Gasteiger partial charge in [0.05, 0.1) is 41.4 Å².